The second kappa shape index (κ2) is 9.88. The number of anilines is 2. The first kappa shape index (κ1) is 23.6. The van der Waals surface area contributed by atoms with Crippen LogP contribution in [-0.2, 0) is 16.8 Å². The van der Waals surface area contributed by atoms with Crippen molar-refractivity contribution in [3.8, 4) is 0 Å². The van der Waals surface area contributed by atoms with Crippen molar-refractivity contribution in [1.82, 2.24) is 9.88 Å². The minimum Gasteiger partial charge on any atom is -0.380 e. The maximum Gasteiger partial charge on any atom is 0.258 e. The monoisotopic (exact) mass is 508 g/mol. The normalized spacial score (nSPS) is 16.3. The van der Waals surface area contributed by atoms with Crippen LogP contribution in [0.4, 0.5) is 11.5 Å². The first-order chi connectivity index (χ1) is 16.9. The van der Waals surface area contributed by atoms with Gasteiger partial charge in [-0.15, -0.1) is 0 Å². The predicted molar refractivity (Wildman–Crippen MR) is 139 cm³/mol. The summed E-state index contributed by atoms with van der Waals surface area (Å²) in [7, 11) is 0. The van der Waals surface area contributed by atoms with E-state index in [4.69, 9.17) is 23.2 Å². The van der Waals surface area contributed by atoms with Crippen LogP contribution in [0.15, 0.2) is 60.8 Å². The second-order valence-electron chi connectivity index (χ2n) is 9.26. The fourth-order valence-corrected chi connectivity index (χ4v) is 4.87. The molecule has 2 amide bonds. The predicted octanol–water partition coefficient (Wildman–Crippen LogP) is 5.91. The van der Waals surface area contributed by atoms with Crippen LogP contribution in [0.5, 0.6) is 0 Å². The van der Waals surface area contributed by atoms with Gasteiger partial charge in [-0.2, -0.15) is 0 Å². The number of nitrogens with one attached hydrogen (secondary N) is 2. The molecule has 0 bridgehead atoms. The molecular formula is C27H26Cl2N4O2. The Kier molecular flexibility index (Phi) is 6.67. The molecule has 2 N–H and O–H groups in total. The van der Waals surface area contributed by atoms with Crippen molar-refractivity contribution in [3.05, 3.63) is 87.5 Å². The highest BCUT2D eigenvalue weighted by Crippen LogP contribution is 2.49. The SMILES string of the molecule is O=C(Nc1ccc(Cl)cn1)c1cc(Cl)ccc1NCc1ccc(C2(CN3CCCC3=O)CC2)cc1. The van der Waals surface area contributed by atoms with Crippen molar-refractivity contribution in [2.75, 3.05) is 23.7 Å². The van der Waals surface area contributed by atoms with Gasteiger partial charge in [-0.05, 0) is 60.7 Å². The van der Waals surface area contributed by atoms with E-state index in [1.54, 1.807) is 30.3 Å². The number of halogens is 2. The quantitative estimate of drug-likeness (QED) is 0.396. The van der Waals surface area contributed by atoms with E-state index in [-0.39, 0.29) is 17.2 Å². The molecule has 1 saturated carbocycles. The number of amides is 2. The van der Waals surface area contributed by atoms with Gasteiger partial charge in [-0.3, -0.25) is 9.59 Å². The van der Waals surface area contributed by atoms with E-state index >= 15 is 0 Å². The van der Waals surface area contributed by atoms with Crippen LogP contribution in [0.25, 0.3) is 0 Å². The molecule has 2 heterocycles. The molecule has 1 aliphatic heterocycles. The van der Waals surface area contributed by atoms with Crippen molar-refractivity contribution >= 4 is 46.5 Å². The number of rotatable bonds is 8. The summed E-state index contributed by atoms with van der Waals surface area (Å²) in [6.45, 7) is 2.27. The maximum atomic E-state index is 12.9. The summed E-state index contributed by atoms with van der Waals surface area (Å²) >= 11 is 12.0. The highest BCUT2D eigenvalue weighted by atomic mass is 35.5. The third-order valence-electron chi connectivity index (χ3n) is 6.76. The standard InChI is InChI=1S/C27H26Cl2N4O2/c28-20-7-9-23(22(14-20)26(35)32-24-10-8-21(29)16-31-24)30-15-18-3-5-19(6-4-18)27(11-12-27)17-33-13-1-2-25(33)34/h3-10,14,16,30H,1-2,11-13,15,17H2,(H,31,32,35). The number of pyridine rings is 1. The number of likely N-dealkylation sites (tertiary alicyclic amines) is 1. The molecule has 0 spiro atoms. The van der Waals surface area contributed by atoms with Crippen LogP contribution in [0.1, 0.15) is 47.2 Å². The van der Waals surface area contributed by atoms with Crippen molar-refractivity contribution in [2.45, 2.75) is 37.6 Å². The molecule has 6 nitrogen and oxygen atoms in total. The zero-order chi connectivity index (χ0) is 24.4. The molecule has 0 radical (unpaired) electrons. The van der Waals surface area contributed by atoms with Crippen molar-refractivity contribution in [1.29, 1.82) is 0 Å². The largest absolute Gasteiger partial charge is 0.380 e. The smallest absolute Gasteiger partial charge is 0.258 e. The number of carbonyl (C=O) groups is 2. The van der Waals surface area contributed by atoms with E-state index in [1.807, 2.05) is 4.90 Å². The Morgan fingerprint density at radius 3 is 2.46 bits per heavy atom. The zero-order valence-corrected chi connectivity index (χ0v) is 20.7. The molecule has 0 atom stereocenters. The van der Waals surface area contributed by atoms with Gasteiger partial charge in [0.15, 0.2) is 0 Å². The number of carbonyl (C=O) groups excluding carboxylic acids is 2. The first-order valence-electron chi connectivity index (χ1n) is 11.8. The van der Waals surface area contributed by atoms with Crippen LogP contribution >= 0.6 is 23.2 Å². The van der Waals surface area contributed by atoms with Crippen molar-refractivity contribution in [3.63, 3.8) is 0 Å². The number of hydrogen-bond donors (Lipinski definition) is 2. The van der Waals surface area contributed by atoms with Crippen LogP contribution in [0.3, 0.4) is 0 Å². The summed E-state index contributed by atoms with van der Waals surface area (Å²) in [5, 5.41) is 7.11. The van der Waals surface area contributed by atoms with Crippen molar-refractivity contribution in [2.24, 2.45) is 0 Å². The Bertz CT molecular complexity index is 1240. The summed E-state index contributed by atoms with van der Waals surface area (Å²) in [5.74, 6) is 0.379. The number of benzene rings is 2. The fourth-order valence-electron chi connectivity index (χ4n) is 4.59. The zero-order valence-electron chi connectivity index (χ0n) is 19.2. The molecule has 5 rings (SSSR count). The van der Waals surface area contributed by atoms with Crippen LogP contribution in [0, 0.1) is 0 Å². The summed E-state index contributed by atoms with van der Waals surface area (Å²) in [4.78, 5) is 31.1. The van der Waals surface area contributed by atoms with E-state index in [0.29, 0.717) is 40.1 Å². The molecule has 1 aromatic heterocycles. The lowest BCUT2D eigenvalue weighted by molar-refractivity contribution is -0.128. The Hall–Kier alpha value is -3.09. The van der Waals surface area contributed by atoms with Gasteiger partial charge in [0, 0.05) is 48.4 Å². The lowest BCUT2D eigenvalue weighted by Crippen LogP contribution is -2.33. The third kappa shape index (κ3) is 5.44. The minimum absolute atomic E-state index is 0.114. The number of hydrogen-bond acceptors (Lipinski definition) is 4. The lowest BCUT2D eigenvalue weighted by atomic mass is 9.94. The molecule has 1 saturated heterocycles. The van der Waals surface area contributed by atoms with E-state index in [2.05, 4.69) is 39.9 Å². The summed E-state index contributed by atoms with van der Waals surface area (Å²) < 4.78 is 0. The Labute approximate surface area is 214 Å². The van der Waals surface area contributed by atoms with Gasteiger partial charge in [0.2, 0.25) is 5.91 Å². The molecule has 180 valence electrons. The molecule has 2 fully saturated rings. The van der Waals surface area contributed by atoms with Gasteiger partial charge in [0.05, 0.1) is 10.6 Å². The molecule has 2 aromatic carbocycles. The number of aromatic nitrogens is 1. The average Bonchev–Trinajstić information content (AvgIpc) is 3.54. The van der Waals surface area contributed by atoms with Gasteiger partial charge in [-0.1, -0.05) is 47.5 Å². The minimum atomic E-state index is -0.313. The second-order valence-corrected chi connectivity index (χ2v) is 10.1. The molecule has 2 aliphatic rings. The number of nitrogens with zero attached hydrogens (tertiary/aromatic N) is 2. The summed E-state index contributed by atoms with van der Waals surface area (Å²) in [5.41, 5.74) is 3.61. The molecule has 8 heteroatoms. The van der Waals surface area contributed by atoms with Crippen molar-refractivity contribution < 1.29 is 9.59 Å². The van der Waals surface area contributed by atoms with Gasteiger partial charge >= 0.3 is 0 Å². The van der Waals surface area contributed by atoms with E-state index < -0.39 is 0 Å². The summed E-state index contributed by atoms with van der Waals surface area (Å²) in [6, 6.07) is 17.1. The van der Waals surface area contributed by atoms with E-state index in [9.17, 15) is 9.59 Å². The average molecular weight is 509 g/mol. The summed E-state index contributed by atoms with van der Waals surface area (Å²) in [6.07, 6.45) is 5.38. The van der Waals surface area contributed by atoms with Gasteiger partial charge in [0.25, 0.3) is 5.91 Å². The van der Waals surface area contributed by atoms with E-state index in [1.165, 1.54) is 11.8 Å². The van der Waals surface area contributed by atoms with Crippen LogP contribution in [-0.4, -0.2) is 34.8 Å². The molecule has 3 aromatic rings. The Morgan fingerprint density at radius 1 is 1.03 bits per heavy atom. The maximum absolute atomic E-state index is 12.9. The fraction of sp³-hybridized carbons (Fsp3) is 0.296. The highest BCUT2D eigenvalue weighted by molar-refractivity contribution is 6.31. The highest BCUT2D eigenvalue weighted by Gasteiger charge is 2.46. The lowest BCUT2D eigenvalue weighted by Gasteiger charge is -2.24. The Morgan fingerprint density at radius 2 is 1.80 bits per heavy atom. The van der Waals surface area contributed by atoms with Crippen LogP contribution in [0.2, 0.25) is 10.0 Å². The molecule has 35 heavy (non-hydrogen) atoms. The first-order valence-corrected chi connectivity index (χ1v) is 12.5. The molecular weight excluding hydrogens is 483 g/mol. The molecule has 0 unspecified atom stereocenters. The van der Waals surface area contributed by atoms with Gasteiger partial charge < -0.3 is 15.5 Å². The molecule has 1 aliphatic carbocycles. The van der Waals surface area contributed by atoms with Gasteiger partial charge in [-0.25, -0.2) is 4.98 Å². The Balaban J connectivity index is 1.24. The topological polar surface area (TPSA) is 74.3 Å². The third-order valence-corrected chi connectivity index (χ3v) is 7.22. The van der Waals surface area contributed by atoms with Crippen LogP contribution < -0.4 is 10.6 Å². The van der Waals surface area contributed by atoms with E-state index in [0.717, 1.165) is 37.9 Å². The van der Waals surface area contributed by atoms with Gasteiger partial charge in [0.1, 0.15) is 5.82 Å².